The largest absolute Gasteiger partial charge is 0.325 e. The molecule has 0 bridgehead atoms. The Morgan fingerprint density at radius 1 is 1.07 bits per heavy atom. The van der Waals surface area contributed by atoms with Crippen LogP contribution in [0.1, 0.15) is 16.0 Å². The van der Waals surface area contributed by atoms with Crippen molar-refractivity contribution in [2.24, 2.45) is 0 Å². The van der Waals surface area contributed by atoms with Gasteiger partial charge in [0.15, 0.2) is 5.16 Å². The summed E-state index contributed by atoms with van der Waals surface area (Å²) in [6.07, 6.45) is 0. The summed E-state index contributed by atoms with van der Waals surface area (Å²) in [7, 11) is 0. The first kappa shape index (κ1) is 20.4. The lowest BCUT2D eigenvalue weighted by molar-refractivity contribution is -0.113. The molecule has 0 spiro atoms. The van der Waals surface area contributed by atoms with Gasteiger partial charge in [0.1, 0.15) is 4.83 Å². The Bertz CT molecular complexity index is 1270. The first-order chi connectivity index (χ1) is 14.4. The minimum Gasteiger partial charge on any atom is -0.325 e. The normalized spacial score (nSPS) is 11.0. The maximum absolute atomic E-state index is 13.2. The summed E-state index contributed by atoms with van der Waals surface area (Å²) in [5.74, 6) is 0.0172. The molecular formula is C23H21N3O2S2. The Morgan fingerprint density at radius 3 is 2.47 bits per heavy atom. The van der Waals surface area contributed by atoms with Gasteiger partial charge in [-0.25, -0.2) is 4.98 Å². The summed E-state index contributed by atoms with van der Waals surface area (Å²) in [4.78, 5) is 32.2. The van der Waals surface area contributed by atoms with Crippen LogP contribution in [0.3, 0.4) is 0 Å². The van der Waals surface area contributed by atoms with Crippen molar-refractivity contribution in [3.8, 4) is 5.69 Å². The van der Waals surface area contributed by atoms with E-state index in [1.54, 1.807) is 4.57 Å². The van der Waals surface area contributed by atoms with Gasteiger partial charge in [-0.3, -0.25) is 14.2 Å². The number of hydrogen-bond donors (Lipinski definition) is 1. The van der Waals surface area contributed by atoms with Crippen LogP contribution >= 0.6 is 23.1 Å². The predicted molar refractivity (Wildman–Crippen MR) is 125 cm³/mol. The summed E-state index contributed by atoms with van der Waals surface area (Å²) in [6.45, 7) is 5.96. The molecule has 2 aromatic carbocycles. The number of aryl methyl sites for hydroxylation is 3. The number of thiophene rings is 1. The number of benzene rings is 2. The molecule has 0 atom stereocenters. The lowest BCUT2D eigenvalue weighted by Gasteiger charge is -2.12. The van der Waals surface area contributed by atoms with Gasteiger partial charge < -0.3 is 5.32 Å². The van der Waals surface area contributed by atoms with Gasteiger partial charge >= 0.3 is 0 Å². The number of para-hydroxylation sites is 1. The van der Waals surface area contributed by atoms with Crippen molar-refractivity contribution in [2.75, 3.05) is 11.1 Å². The van der Waals surface area contributed by atoms with E-state index in [2.05, 4.69) is 11.4 Å². The van der Waals surface area contributed by atoms with Crippen LogP contribution in [0.25, 0.3) is 15.9 Å². The maximum atomic E-state index is 13.2. The van der Waals surface area contributed by atoms with Gasteiger partial charge in [0, 0.05) is 10.6 Å². The van der Waals surface area contributed by atoms with Gasteiger partial charge in [0.05, 0.1) is 16.8 Å². The average Bonchev–Trinajstić information content (AvgIpc) is 3.07. The Kier molecular flexibility index (Phi) is 5.74. The number of carbonyl (C=O) groups excluding carboxylic acids is 1. The zero-order valence-corrected chi connectivity index (χ0v) is 18.6. The third kappa shape index (κ3) is 4.32. The van der Waals surface area contributed by atoms with Crippen molar-refractivity contribution in [1.29, 1.82) is 0 Å². The molecule has 7 heteroatoms. The molecule has 0 unspecified atom stereocenters. The Labute approximate surface area is 182 Å². The van der Waals surface area contributed by atoms with Gasteiger partial charge in [-0.1, -0.05) is 36.0 Å². The summed E-state index contributed by atoms with van der Waals surface area (Å²) in [6, 6.07) is 17.2. The number of thioether (sulfide) groups is 1. The van der Waals surface area contributed by atoms with Crippen molar-refractivity contribution in [2.45, 2.75) is 25.9 Å². The number of fused-ring (bicyclic) bond motifs is 1. The maximum Gasteiger partial charge on any atom is 0.267 e. The molecule has 152 valence electrons. The standard InChI is InChI=1S/C23H21N3O2S2/c1-14-9-15(2)11-17(10-14)24-20(27)13-29-23-25-21-19(12-16(3)30-21)22(28)26(23)18-7-5-4-6-8-18/h4-12H,13H2,1-3H3,(H,24,27). The number of hydrogen-bond acceptors (Lipinski definition) is 5. The number of amides is 1. The minimum atomic E-state index is -0.138. The van der Waals surface area contributed by atoms with Crippen LogP contribution in [0.2, 0.25) is 0 Å². The molecule has 0 aliphatic heterocycles. The average molecular weight is 436 g/mol. The van der Waals surface area contributed by atoms with Crippen LogP contribution in [0, 0.1) is 20.8 Å². The molecule has 5 nitrogen and oxygen atoms in total. The third-order valence-corrected chi connectivity index (χ3v) is 6.39. The number of anilines is 1. The molecule has 1 amide bonds. The van der Waals surface area contributed by atoms with E-state index in [0.29, 0.717) is 15.4 Å². The topological polar surface area (TPSA) is 64.0 Å². The fourth-order valence-corrected chi connectivity index (χ4v) is 5.09. The van der Waals surface area contributed by atoms with Crippen LogP contribution in [0.4, 0.5) is 5.69 Å². The molecule has 2 heterocycles. The summed E-state index contributed by atoms with van der Waals surface area (Å²) in [5.41, 5.74) is 3.58. The molecule has 30 heavy (non-hydrogen) atoms. The van der Waals surface area contributed by atoms with E-state index in [1.807, 2.05) is 69.3 Å². The first-order valence-corrected chi connectivity index (χ1v) is 11.3. The third-order valence-electron chi connectivity index (χ3n) is 4.51. The van der Waals surface area contributed by atoms with E-state index >= 15 is 0 Å². The number of rotatable bonds is 5. The Balaban J connectivity index is 1.64. The minimum absolute atomic E-state index is 0.118. The Hall–Kier alpha value is -2.90. The smallest absolute Gasteiger partial charge is 0.267 e. The van der Waals surface area contributed by atoms with Gasteiger partial charge in [-0.15, -0.1) is 11.3 Å². The molecule has 1 N–H and O–H groups in total. The number of carbonyl (C=O) groups is 1. The zero-order valence-electron chi connectivity index (χ0n) is 16.9. The molecule has 0 saturated carbocycles. The van der Waals surface area contributed by atoms with Crippen molar-refractivity contribution in [1.82, 2.24) is 9.55 Å². The van der Waals surface area contributed by atoms with E-state index < -0.39 is 0 Å². The molecule has 4 rings (SSSR count). The molecule has 4 aromatic rings. The highest BCUT2D eigenvalue weighted by molar-refractivity contribution is 7.99. The summed E-state index contributed by atoms with van der Waals surface area (Å²) in [5, 5.41) is 4.05. The Morgan fingerprint density at radius 2 is 1.77 bits per heavy atom. The van der Waals surface area contributed by atoms with Crippen LogP contribution in [-0.2, 0) is 4.79 Å². The van der Waals surface area contributed by atoms with E-state index in [9.17, 15) is 9.59 Å². The van der Waals surface area contributed by atoms with Crippen molar-refractivity contribution < 1.29 is 4.79 Å². The van der Waals surface area contributed by atoms with Gasteiger partial charge in [-0.2, -0.15) is 0 Å². The number of aromatic nitrogens is 2. The van der Waals surface area contributed by atoms with E-state index in [1.165, 1.54) is 23.1 Å². The second-order valence-electron chi connectivity index (χ2n) is 7.16. The molecule has 0 aliphatic rings. The monoisotopic (exact) mass is 435 g/mol. The van der Waals surface area contributed by atoms with Crippen LogP contribution in [0.15, 0.2) is 64.5 Å². The van der Waals surface area contributed by atoms with Crippen molar-refractivity contribution in [3.05, 3.63) is 81.0 Å². The van der Waals surface area contributed by atoms with Gasteiger partial charge in [-0.05, 0) is 62.2 Å². The van der Waals surface area contributed by atoms with E-state index in [-0.39, 0.29) is 17.2 Å². The quantitative estimate of drug-likeness (QED) is 0.350. The van der Waals surface area contributed by atoms with Crippen LogP contribution < -0.4 is 10.9 Å². The summed E-state index contributed by atoms with van der Waals surface area (Å²) >= 11 is 2.75. The highest BCUT2D eigenvalue weighted by Crippen LogP contribution is 2.26. The molecule has 2 aromatic heterocycles. The summed E-state index contributed by atoms with van der Waals surface area (Å²) < 4.78 is 1.59. The van der Waals surface area contributed by atoms with Crippen molar-refractivity contribution in [3.63, 3.8) is 0 Å². The second kappa shape index (κ2) is 8.45. The number of nitrogens with zero attached hydrogens (tertiary/aromatic N) is 2. The fourth-order valence-electron chi connectivity index (χ4n) is 3.36. The SMILES string of the molecule is Cc1cc(C)cc(NC(=O)CSc2nc3sc(C)cc3c(=O)n2-c2ccccc2)c1. The van der Waals surface area contributed by atoms with Gasteiger partial charge in [0.25, 0.3) is 5.56 Å². The van der Waals surface area contributed by atoms with E-state index in [4.69, 9.17) is 4.98 Å². The first-order valence-electron chi connectivity index (χ1n) is 9.50. The fraction of sp³-hybridized carbons (Fsp3) is 0.174. The molecular weight excluding hydrogens is 414 g/mol. The lowest BCUT2D eigenvalue weighted by Crippen LogP contribution is -2.22. The molecule has 0 radical (unpaired) electrons. The van der Waals surface area contributed by atoms with E-state index in [0.717, 1.165) is 27.4 Å². The molecule has 0 saturated heterocycles. The molecule has 0 fully saturated rings. The van der Waals surface area contributed by atoms with Crippen LogP contribution in [-0.4, -0.2) is 21.2 Å². The second-order valence-corrected chi connectivity index (χ2v) is 9.34. The van der Waals surface area contributed by atoms with Gasteiger partial charge in [0.2, 0.25) is 5.91 Å². The number of nitrogens with one attached hydrogen (secondary N) is 1. The zero-order chi connectivity index (χ0) is 21.3. The molecule has 0 aliphatic carbocycles. The highest BCUT2D eigenvalue weighted by Gasteiger charge is 2.16. The van der Waals surface area contributed by atoms with Crippen LogP contribution in [0.5, 0.6) is 0 Å². The predicted octanol–water partition coefficient (Wildman–Crippen LogP) is 5.10. The highest BCUT2D eigenvalue weighted by atomic mass is 32.2. The lowest BCUT2D eigenvalue weighted by atomic mass is 10.1. The van der Waals surface area contributed by atoms with Crippen molar-refractivity contribution >= 4 is 44.9 Å².